The first-order valence-electron chi connectivity index (χ1n) is 11.1. The molecule has 5 rings (SSSR count). The van der Waals surface area contributed by atoms with Gasteiger partial charge in [-0.15, -0.1) is 0 Å². The Bertz CT molecular complexity index is 1170. The van der Waals surface area contributed by atoms with E-state index in [1.165, 1.54) is 16.7 Å². The van der Waals surface area contributed by atoms with Gasteiger partial charge in [-0.3, -0.25) is 4.90 Å². The van der Waals surface area contributed by atoms with Crippen LogP contribution < -0.4 is 4.74 Å². The highest BCUT2D eigenvalue weighted by Crippen LogP contribution is 2.28. The maximum Gasteiger partial charge on any atom is 0.153 e. The summed E-state index contributed by atoms with van der Waals surface area (Å²) in [6.45, 7) is 4.19. The fraction of sp³-hybridized carbons (Fsp3) is 0.308. The van der Waals surface area contributed by atoms with Crippen LogP contribution in [0.5, 0.6) is 5.75 Å². The number of fused-ring (bicyclic) bond motifs is 1. The fourth-order valence-electron chi connectivity index (χ4n) is 4.43. The van der Waals surface area contributed by atoms with E-state index in [-0.39, 0.29) is 0 Å². The van der Waals surface area contributed by atoms with E-state index < -0.39 is 0 Å². The van der Waals surface area contributed by atoms with Crippen molar-refractivity contribution >= 4 is 5.65 Å². The first kappa shape index (κ1) is 20.7. The molecule has 4 aromatic rings. The third-order valence-electron chi connectivity index (χ3n) is 6.01. The Morgan fingerprint density at radius 3 is 2.84 bits per heavy atom. The molecular weight excluding hydrogens is 400 g/mol. The molecule has 1 aliphatic heterocycles. The van der Waals surface area contributed by atoms with Gasteiger partial charge < -0.3 is 9.47 Å². The van der Waals surface area contributed by atoms with E-state index in [1.807, 2.05) is 22.8 Å². The average molecular weight is 429 g/mol. The summed E-state index contributed by atoms with van der Waals surface area (Å²) in [7, 11) is 1.74. The number of imidazole rings is 1. The molecule has 0 bridgehead atoms. The van der Waals surface area contributed by atoms with E-state index in [1.54, 1.807) is 13.3 Å². The predicted octanol–water partition coefficient (Wildman–Crippen LogP) is 4.10. The minimum Gasteiger partial charge on any atom is -0.496 e. The van der Waals surface area contributed by atoms with Gasteiger partial charge in [-0.2, -0.15) is 5.10 Å². The normalized spacial score (nSPS) is 17.3. The van der Waals surface area contributed by atoms with Crippen LogP contribution in [0.3, 0.4) is 0 Å². The maximum atomic E-state index is 5.95. The van der Waals surface area contributed by atoms with Crippen LogP contribution in [-0.2, 0) is 17.7 Å². The molecule has 6 heteroatoms. The Morgan fingerprint density at radius 1 is 1.06 bits per heavy atom. The lowest BCUT2D eigenvalue weighted by molar-refractivity contribution is 0.121. The number of benzene rings is 2. The number of hydrogen-bond donors (Lipinski definition) is 0. The molecule has 0 amide bonds. The zero-order valence-electron chi connectivity index (χ0n) is 18.4. The summed E-state index contributed by atoms with van der Waals surface area (Å²) in [4.78, 5) is 6.75. The third-order valence-corrected chi connectivity index (χ3v) is 6.01. The highest BCUT2D eigenvalue weighted by atomic mass is 16.5. The maximum absolute atomic E-state index is 5.95. The zero-order chi connectivity index (χ0) is 21.8. The Kier molecular flexibility index (Phi) is 6.14. The smallest absolute Gasteiger partial charge is 0.153 e. The quantitative estimate of drug-likeness (QED) is 0.463. The molecule has 0 aliphatic carbocycles. The molecule has 1 aliphatic rings. The van der Waals surface area contributed by atoms with Crippen LogP contribution in [0.25, 0.3) is 16.8 Å². The largest absolute Gasteiger partial charge is 0.496 e. The zero-order valence-corrected chi connectivity index (χ0v) is 18.4. The summed E-state index contributed by atoms with van der Waals surface area (Å²) in [5, 5.41) is 4.70. The molecule has 1 atom stereocenters. The average Bonchev–Trinajstić information content (AvgIpc) is 3.19. The van der Waals surface area contributed by atoms with Crippen LogP contribution in [-0.4, -0.2) is 52.9 Å². The van der Waals surface area contributed by atoms with Crippen LogP contribution >= 0.6 is 0 Å². The van der Waals surface area contributed by atoms with Crippen LogP contribution in [0.1, 0.15) is 11.3 Å². The van der Waals surface area contributed by atoms with Crippen LogP contribution in [0.15, 0.2) is 73.1 Å². The number of hydrogen-bond acceptors (Lipinski definition) is 5. The van der Waals surface area contributed by atoms with Crippen molar-refractivity contribution in [2.45, 2.75) is 13.0 Å². The number of nitrogens with zero attached hydrogens (tertiary/aromatic N) is 4. The number of methoxy groups -OCH3 is 1. The minimum absolute atomic E-state index is 0.384. The van der Waals surface area contributed by atoms with Crippen LogP contribution in [0.2, 0.25) is 0 Å². The molecule has 32 heavy (non-hydrogen) atoms. The van der Waals surface area contributed by atoms with E-state index >= 15 is 0 Å². The Hall–Kier alpha value is -3.22. The molecule has 1 unspecified atom stereocenters. The molecule has 164 valence electrons. The molecule has 3 heterocycles. The third kappa shape index (κ3) is 4.66. The summed E-state index contributed by atoms with van der Waals surface area (Å²) >= 11 is 0. The topological polar surface area (TPSA) is 51.9 Å². The molecule has 0 spiro atoms. The second-order valence-corrected chi connectivity index (χ2v) is 8.33. The Morgan fingerprint density at radius 2 is 1.97 bits per heavy atom. The van der Waals surface area contributed by atoms with Crippen LogP contribution in [0.4, 0.5) is 0 Å². The summed E-state index contributed by atoms with van der Waals surface area (Å²) in [5.41, 5.74) is 5.57. The molecule has 2 aromatic carbocycles. The van der Waals surface area contributed by atoms with Crippen molar-refractivity contribution in [3.8, 4) is 16.9 Å². The second-order valence-electron chi connectivity index (χ2n) is 8.33. The fourth-order valence-corrected chi connectivity index (χ4v) is 4.43. The van der Waals surface area contributed by atoms with Gasteiger partial charge in [0.25, 0.3) is 0 Å². The minimum atomic E-state index is 0.384. The van der Waals surface area contributed by atoms with Crippen molar-refractivity contribution in [3.63, 3.8) is 0 Å². The molecule has 0 N–H and O–H groups in total. The van der Waals surface area contributed by atoms with Gasteiger partial charge in [-0.1, -0.05) is 36.4 Å². The highest BCUT2D eigenvalue weighted by molar-refractivity contribution is 5.65. The molecule has 1 fully saturated rings. The molecule has 2 aromatic heterocycles. The number of ether oxygens (including phenoxy) is 2. The number of rotatable bonds is 6. The lowest BCUT2D eigenvalue weighted by atomic mass is 10.0. The summed E-state index contributed by atoms with van der Waals surface area (Å²) in [5.74, 6) is 1.31. The van der Waals surface area contributed by atoms with E-state index in [4.69, 9.17) is 14.6 Å². The van der Waals surface area contributed by atoms with Crippen molar-refractivity contribution < 1.29 is 9.47 Å². The molecule has 1 saturated heterocycles. The van der Waals surface area contributed by atoms with Crippen LogP contribution in [0, 0.1) is 5.92 Å². The summed E-state index contributed by atoms with van der Waals surface area (Å²) < 4.78 is 13.5. The van der Waals surface area contributed by atoms with Crippen molar-refractivity contribution in [3.05, 3.63) is 84.3 Å². The summed E-state index contributed by atoms with van der Waals surface area (Å²) in [6.07, 6.45) is 4.55. The van der Waals surface area contributed by atoms with Gasteiger partial charge in [0.05, 0.1) is 26.0 Å². The first-order valence-corrected chi connectivity index (χ1v) is 11.1. The SMILES string of the molecule is COc1ccc(-c2ccccc2)cc1CN1CCOCC(Cc2ccc3nccn3n2)C1. The lowest BCUT2D eigenvalue weighted by Gasteiger charge is -2.24. The first-order chi connectivity index (χ1) is 15.8. The van der Waals surface area contributed by atoms with Crippen molar-refractivity contribution in [2.75, 3.05) is 33.4 Å². The van der Waals surface area contributed by atoms with Gasteiger partial charge in [-0.25, -0.2) is 9.50 Å². The molecule has 6 nitrogen and oxygen atoms in total. The van der Waals surface area contributed by atoms with E-state index in [9.17, 15) is 0 Å². The van der Waals surface area contributed by atoms with E-state index in [0.29, 0.717) is 5.92 Å². The predicted molar refractivity (Wildman–Crippen MR) is 125 cm³/mol. The Labute approximate surface area is 188 Å². The number of aromatic nitrogens is 3. The molecule has 0 radical (unpaired) electrons. The van der Waals surface area contributed by atoms with Gasteiger partial charge in [0, 0.05) is 43.5 Å². The van der Waals surface area contributed by atoms with Gasteiger partial charge in [0.1, 0.15) is 5.75 Å². The van der Waals surface area contributed by atoms with Crippen molar-refractivity contribution in [2.24, 2.45) is 5.92 Å². The van der Waals surface area contributed by atoms with Crippen molar-refractivity contribution in [1.29, 1.82) is 0 Å². The lowest BCUT2D eigenvalue weighted by Crippen LogP contribution is -2.30. The second kappa shape index (κ2) is 9.51. The summed E-state index contributed by atoms with van der Waals surface area (Å²) in [6, 6.07) is 21.0. The van der Waals surface area contributed by atoms with Gasteiger partial charge in [0.15, 0.2) is 5.65 Å². The van der Waals surface area contributed by atoms with Gasteiger partial charge >= 0.3 is 0 Å². The van der Waals surface area contributed by atoms with Crippen molar-refractivity contribution in [1.82, 2.24) is 19.5 Å². The highest BCUT2D eigenvalue weighted by Gasteiger charge is 2.21. The molecular formula is C26H28N4O2. The standard InChI is InChI=1S/C26H28N4O2/c1-31-25-9-7-22(21-5-3-2-4-6-21)16-23(25)18-29-13-14-32-19-20(17-29)15-24-8-10-26-27-11-12-30(26)28-24/h2-12,16,20H,13-15,17-19H2,1H3. The van der Waals surface area contributed by atoms with Gasteiger partial charge in [0.2, 0.25) is 0 Å². The van der Waals surface area contributed by atoms with E-state index in [2.05, 4.69) is 58.4 Å². The molecule has 0 saturated carbocycles. The van der Waals surface area contributed by atoms with E-state index in [0.717, 1.165) is 56.4 Å². The Balaban J connectivity index is 1.32. The van der Waals surface area contributed by atoms with Gasteiger partial charge in [-0.05, 0) is 41.8 Å². The monoisotopic (exact) mass is 428 g/mol.